The van der Waals surface area contributed by atoms with Gasteiger partial charge in [-0.15, -0.1) is 5.48 Å². The Morgan fingerprint density at radius 1 is 0.485 bits per heavy atom. The van der Waals surface area contributed by atoms with E-state index in [0.717, 1.165) is 73.4 Å². The van der Waals surface area contributed by atoms with Crippen molar-refractivity contribution in [2.75, 3.05) is 39.5 Å². The molecule has 5 aliphatic rings. The maximum Gasteiger partial charge on any atom is 0.416 e. The molecule has 7 N–H and O–H groups in total. The summed E-state index contributed by atoms with van der Waals surface area (Å²) in [6, 6.07) is 38.9. The number of hydroxylamine groups is 2. The van der Waals surface area contributed by atoms with E-state index in [1.165, 1.54) is 13.0 Å². The molecule has 2 spiro atoms. The van der Waals surface area contributed by atoms with Gasteiger partial charge in [-0.3, -0.25) is 9.59 Å². The summed E-state index contributed by atoms with van der Waals surface area (Å²) in [6.07, 6.45) is -12.3. The molecule has 560 valence electrons. The predicted octanol–water partition coefficient (Wildman–Crippen LogP) is 16.0. The molecule has 0 bridgehead atoms. The second kappa shape index (κ2) is 33.7. The molecule has 5 aliphatic heterocycles. The minimum Gasteiger partial charge on any atom is -0.372 e. The number of carbonyl (C=O) groups excluding carboxylic acids is 4. The lowest BCUT2D eigenvalue weighted by molar-refractivity contribution is -0.192. The zero-order chi connectivity index (χ0) is 75.3. The number of piperidine rings is 3. The Morgan fingerprint density at radius 2 is 0.835 bits per heavy atom. The van der Waals surface area contributed by atoms with E-state index in [1.807, 2.05) is 91.0 Å². The van der Waals surface area contributed by atoms with Crippen LogP contribution in [0, 0.1) is 13.8 Å². The van der Waals surface area contributed by atoms with E-state index in [1.54, 1.807) is 39.8 Å². The van der Waals surface area contributed by atoms with E-state index in [2.05, 4.69) is 39.2 Å². The van der Waals surface area contributed by atoms with Crippen LogP contribution in [0.2, 0.25) is 0 Å². The van der Waals surface area contributed by atoms with Gasteiger partial charge in [0.25, 0.3) is 0 Å². The number of aryl methyl sites for hydroxylation is 2. The number of carbonyl (C=O) groups is 2. The van der Waals surface area contributed by atoms with Crippen LogP contribution in [0.25, 0.3) is 0 Å². The van der Waals surface area contributed by atoms with Crippen LogP contribution in [0.4, 0.5) is 52.7 Å². The Bertz CT molecular complexity index is 3750. The van der Waals surface area contributed by atoms with Gasteiger partial charge in [0.15, 0.2) is 0 Å². The number of hydrogen-bond acceptors (Lipinski definition) is 14. The third-order valence-corrected chi connectivity index (χ3v) is 20.4. The van der Waals surface area contributed by atoms with Crippen molar-refractivity contribution < 1.29 is 96.1 Å². The quantitative estimate of drug-likeness (QED) is 0.0317. The summed E-state index contributed by atoms with van der Waals surface area (Å²) in [5.74, 6) is -0.261. The summed E-state index contributed by atoms with van der Waals surface area (Å²) < 4.78 is 178. The Balaban J connectivity index is 0.000000192. The van der Waals surface area contributed by atoms with E-state index in [0.29, 0.717) is 106 Å². The highest BCUT2D eigenvalue weighted by Crippen LogP contribution is 2.45. The van der Waals surface area contributed by atoms with E-state index in [9.17, 15) is 67.5 Å². The molecule has 0 radical (unpaired) electrons. The Kier molecular flexibility index (Phi) is 26.5. The van der Waals surface area contributed by atoms with Gasteiger partial charge in [-0.1, -0.05) is 128 Å². The normalized spacial score (nSPS) is 25.3. The van der Waals surface area contributed by atoms with Gasteiger partial charge in [0.2, 0.25) is 5.91 Å². The molecule has 0 saturated carbocycles. The third kappa shape index (κ3) is 20.9. The second-order valence-corrected chi connectivity index (χ2v) is 27.8. The van der Waals surface area contributed by atoms with Crippen molar-refractivity contribution in [3.05, 3.63) is 212 Å². The van der Waals surface area contributed by atoms with E-state index >= 15 is 0 Å². The molecule has 15 nitrogen and oxygen atoms in total. The molecule has 11 rings (SSSR count). The summed E-state index contributed by atoms with van der Waals surface area (Å²) in [5, 5.41) is 23.5. The summed E-state index contributed by atoms with van der Waals surface area (Å²) in [5.41, 5.74) is 3.54. The third-order valence-electron chi connectivity index (χ3n) is 20.4. The highest BCUT2D eigenvalue weighted by molar-refractivity contribution is 5.79. The molecule has 5 fully saturated rings. The van der Waals surface area contributed by atoms with Crippen molar-refractivity contribution in [3.63, 3.8) is 0 Å². The largest absolute Gasteiger partial charge is 0.416 e. The van der Waals surface area contributed by atoms with Crippen LogP contribution in [0.3, 0.4) is 0 Å². The first-order valence-corrected chi connectivity index (χ1v) is 34.1. The number of hydrogen-bond donors (Lipinski definition) is 7. The molecule has 9 atom stereocenters. The molecule has 0 aliphatic carbocycles. The Hall–Kier alpha value is -7.56. The van der Waals surface area contributed by atoms with Crippen molar-refractivity contribution in [3.8, 4) is 0 Å². The summed E-state index contributed by atoms with van der Waals surface area (Å²) in [4.78, 5) is 44.6. The first-order valence-electron chi connectivity index (χ1n) is 34.1. The van der Waals surface area contributed by atoms with Gasteiger partial charge < -0.3 is 45.5 Å². The van der Waals surface area contributed by atoms with Crippen LogP contribution in [0.1, 0.15) is 190 Å². The van der Waals surface area contributed by atoms with Crippen molar-refractivity contribution >= 4 is 18.0 Å². The number of alkyl halides is 12. The van der Waals surface area contributed by atoms with Crippen LogP contribution in [0.5, 0.6) is 0 Å². The fourth-order valence-corrected chi connectivity index (χ4v) is 14.1. The minimum absolute atomic E-state index is 0.00565. The van der Waals surface area contributed by atoms with Crippen molar-refractivity contribution in [2.45, 2.75) is 195 Å². The standard InChI is InChI=1S/C25H26F6N2O2.C25H29F3N2O3.C25H33F3N2O2.CO2/c1-16(17-11-19(24(26,27)28)13-20(12-17)25(29,30)31)35-15-23(18-5-3-2-4-6-18)10-9-22(14-32-23)8-7-21(34)33-22;1-17-12-19(14-21(13-17)25(26,27)28)18(2)32-16-24(20-6-4-3-5-7-20)11-10-23(15-29-24)9-8-22(31)33-30-23;1-4-10-23(30-31)11-12-24(29-16-23,21-8-6-5-7-9-21)17-32-19(3)20-13-18(2)14-22(15-20)25(26,27)28;2-1-3/h2-6,11-13,16,32H,7-10,14-15H2,1H3,(H,33,34);3-7,12-14,18,29-30H,8-11,15-16H2,1-2H3;5-9,13-15,19,29-31H,4,10-12,16-17H2,1-3H3;/t16-,22-,23-;18-,23?,24-;19-,23-,24-;/m111./s1. The first kappa shape index (κ1) is 81.1. The molecule has 6 aromatic rings. The van der Waals surface area contributed by atoms with Crippen LogP contribution < -0.4 is 32.2 Å². The van der Waals surface area contributed by atoms with Gasteiger partial charge in [0.05, 0.1) is 93.6 Å². The Labute approximate surface area is 590 Å². The molecule has 5 saturated heterocycles. The average Bonchev–Trinajstić information content (AvgIpc) is 1.03. The fourth-order valence-electron chi connectivity index (χ4n) is 14.1. The van der Waals surface area contributed by atoms with Gasteiger partial charge in [-0.2, -0.15) is 67.8 Å². The van der Waals surface area contributed by atoms with Crippen LogP contribution in [0.15, 0.2) is 146 Å². The molecule has 27 heteroatoms. The van der Waals surface area contributed by atoms with Crippen molar-refractivity contribution in [2.24, 2.45) is 0 Å². The van der Waals surface area contributed by atoms with Crippen LogP contribution in [-0.4, -0.2) is 79.3 Å². The summed E-state index contributed by atoms with van der Waals surface area (Å²) >= 11 is 0. The molecule has 1 amide bonds. The molecule has 1 unspecified atom stereocenters. The number of benzene rings is 6. The molecule has 0 aromatic heterocycles. The minimum atomic E-state index is -4.92. The number of amides is 1. The lowest BCUT2D eigenvalue weighted by Crippen LogP contribution is -2.64. The first-order chi connectivity index (χ1) is 48.5. The smallest absolute Gasteiger partial charge is 0.372 e. The van der Waals surface area contributed by atoms with Gasteiger partial charge in [-0.05, 0) is 168 Å². The van der Waals surface area contributed by atoms with Crippen LogP contribution in [-0.2, 0) is 79.5 Å². The van der Waals surface area contributed by atoms with E-state index < -0.39 is 87.4 Å². The summed E-state index contributed by atoms with van der Waals surface area (Å²) in [6.45, 7) is 12.7. The average molecular weight is 1460 g/mol. The number of ether oxygens (including phenoxy) is 3. The van der Waals surface area contributed by atoms with Gasteiger partial charge >= 0.3 is 36.8 Å². The summed E-state index contributed by atoms with van der Waals surface area (Å²) in [7, 11) is 0. The van der Waals surface area contributed by atoms with Gasteiger partial charge in [0, 0.05) is 32.5 Å². The molecule has 5 heterocycles. The number of nitrogens with one attached hydrogen (secondary N) is 6. The van der Waals surface area contributed by atoms with E-state index in [4.69, 9.17) is 28.6 Å². The fraction of sp³-hybridized carbons (Fsp3) is 0.487. The molecular formula is C76H88F12N6O9. The number of rotatable bonds is 18. The van der Waals surface area contributed by atoms with Gasteiger partial charge in [0.1, 0.15) is 0 Å². The molecule has 6 aromatic carbocycles. The highest BCUT2D eigenvalue weighted by Gasteiger charge is 2.50. The molecule has 103 heavy (non-hydrogen) atoms. The van der Waals surface area contributed by atoms with Crippen molar-refractivity contribution in [1.82, 2.24) is 32.2 Å². The van der Waals surface area contributed by atoms with Crippen molar-refractivity contribution in [1.29, 1.82) is 0 Å². The lowest BCUT2D eigenvalue weighted by atomic mass is 9.75. The van der Waals surface area contributed by atoms with E-state index in [-0.39, 0.29) is 47.3 Å². The Morgan fingerprint density at radius 3 is 1.14 bits per heavy atom. The lowest BCUT2D eigenvalue weighted by Gasteiger charge is -2.48. The maximum absolute atomic E-state index is 13.3. The number of halogens is 12. The van der Waals surface area contributed by atoms with Gasteiger partial charge in [-0.25, -0.2) is 0 Å². The SMILES string of the molecule is CCC[C@@]1(NO)CC[C@@](CO[C@H](C)c2cc(C)cc(C(F)(F)F)c2)(c2ccccc2)NC1.C[C@@H](OC[C@@]1(c2ccccc2)CC[C@]2(CCC(=O)N2)CN1)c1cc(C(F)(F)F)cc(C(F)(F)F)c1.Cc1cc([C@@H](C)OC[C@@]2(c3ccccc3)CCC3(CCC(=O)ON3)CN2)cc(C(F)(F)F)c1.O=C=O. The zero-order valence-electron chi connectivity index (χ0n) is 58.1. The predicted molar refractivity (Wildman–Crippen MR) is 357 cm³/mol. The maximum atomic E-state index is 13.3. The highest BCUT2D eigenvalue weighted by atomic mass is 19.4. The zero-order valence-corrected chi connectivity index (χ0v) is 58.1. The molecular weight excluding hydrogens is 1370 g/mol. The second-order valence-electron chi connectivity index (χ2n) is 27.8. The monoisotopic (exact) mass is 1460 g/mol. The van der Waals surface area contributed by atoms with Crippen LogP contribution >= 0.6 is 0 Å². The topological polar surface area (TPSA) is 198 Å².